The van der Waals surface area contributed by atoms with Crippen LogP contribution in [0.25, 0.3) is 0 Å². The first-order valence-corrected chi connectivity index (χ1v) is 10.5. The maximum Gasteiger partial charge on any atom is 0.220 e. The van der Waals surface area contributed by atoms with Gasteiger partial charge in [0.2, 0.25) is 5.91 Å². The molecule has 2 heterocycles. The Kier molecular flexibility index (Phi) is 12.1. The van der Waals surface area contributed by atoms with Crippen LogP contribution in [0, 0.1) is 11.8 Å². The number of rotatable bonds is 7. The van der Waals surface area contributed by atoms with E-state index in [1.807, 2.05) is 0 Å². The third-order valence-corrected chi connectivity index (χ3v) is 5.91. The van der Waals surface area contributed by atoms with Gasteiger partial charge in [-0.2, -0.15) is 0 Å². The highest BCUT2D eigenvalue weighted by Crippen LogP contribution is 2.24. The van der Waals surface area contributed by atoms with Gasteiger partial charge in [-0.1, -0.05) is 31.2 Å². The van der Waals surface area contributed by atoms with Gasteiger partial charge in [-0.25, -0.2) is 0 Å². The summed E-state index contributed by atoms with van der Waals surface area (Å²) in [6.45, 7) is 10.9. The number of carbonyl (C=O) groups is 1. The zero-order chi connectivity index (χ0) is 19.1. The minimum absolute atomic E-state index is 0. The molecule has 0 radical (unpaired) electrons. The first-order chi connectivity index (χ1) is 13.1. The molecular formula is C22H37Cl2N3O2. The lowest BCUT2D eigenvalue weighted by atomic mass is 9.84. The summed E-state index contributed by atoms with van der Waals surface area (Å²) < 4.78 is 5.62. The quantitative estimate of drug-likeness (QED) is 0.674. The van der Waals surface area contributed by atoms with E-state index in [0.29, 0.717) is 30.9 Å². The predicted octanol–water partition coefficient (Wildman–Crippen LogP) is 3.39. The summed E-state index contributed by atoms with van der Waals surface area (Å²) >= 11 is 0. The number of morpholine rings is 1. The summed E-state index contributed by atoms with van der Waals surface area (Å²) in [4.78, 5) is 14.8. The molecule has 3 rings (SSSR count). The zero-order valence-electron chi connectivity index (χ0n) is 17.7. The molecule has 2 N–H and O–H groups in total. The first kappa shape index (κ1) is 26.2. The molecule has 1 amide bonds. The maximum absolute atomic E-state index is 12.4. The molecule has 0 spiro atoms. The van der Waals surface area contributed by atoms with Gasteiger partial charge in [0.25, 0.3) is 0 Å². The maximum atomic E-state index is 12.4. The summed E-state index contributed by atoms with van der Waals surface area (Å²) in [7, 11) is 0. The van der Waals surface area contributed by atoms with Crippen molar-refractivity contribution in [3.05, 3.63) is 35.4 Å². The summed E-state index contributed by atoms with van der Waals surface area (Å²) in [5, 5.41) is 6.51. The van der Waals surface area contributed by atoms with E-state index in [9.17, 15) is 4.79 Å². The molecule has 1 aromatic rings. The third kappa shape index (κ3) is 8.81. The lowest BCUT2D eigenvalue weighted by Gasteiger charge is -2.31. The van der Waals surface area contributed by atoms with Crippen molar-refractivity contribution in [2.45, 2.75) is 52.3 Å². The van der Waals surface area contributed by atoms with Gasteiger partial charge in [0.15, 0.2) is 0 Å². The van der Waals surface area contributed by atoms with E-state index in [-0.39, 0.29) is 30.7 Å². The van der Waals surface area contributed by atoms with Crippen molar-refractivity contribution >= 4 is 30.7 Å². The standard InChI is InChI=1S/C22H35N3O2.2ClH/c1-17(21-6-8-23-9-7-21)12-22(26)24-14-19-4-3-5-20(13-19)16-25-10-11-27-18(2)15-25;;/h3-5,13,17-18,21,23H,6-12,14-16H2,1-2H3,(H,24,26);2*1H. The smallest absolute Gasteiger partial charge is 0.220 e. The van der Waals surface area contributed by atoms with Gasteiger partial charge in [0, 0.05) is 32.6 Å². The van der Waals surface area contributed by atoms with E-state index in [4.69, 9.17) is 4.74 Å². The molecule has 0 saturated carbocycles. The molecule has 1 aromatic carbocycles. The normalized spacial score (nSPS) is 21.5. The second-order valence-corrected chi connectivity index (χ2v) is 8.28. The minimum atomic E-state index is 0. The Morgan fingerprint density at radius 1 is 1.28 bits per heavy atom. The highest BCUT2D eigenvalue weighted by atomic mass is 35.5. The van der Waals surface area contributed by atoms with E-state index in [1.165, 1.54) is 24.0 Å². The van der Waals surface area contributed by atoms with Crippen molar-refractivity contribution in [1.82, 2.24) is 15.5 Å². The van der Waals surface area contributed by atoms with Gasteiger partial charge in [-0.15, -0.1) is 24.8 Å². The number of benzene rings is 1. The summed E-state index contributed by atoms with van der Waals surface area (Å²) in [5.41, 5.74) is 2.48. The fraction of sp³-hybridized carbons (Fsp3) is 0.682. The Morgan fingerprint density at radius 3 is 2.72 bits per heavy atom. The number of amides is 1. The number of piperidine rings is 1. The van der Waals surface area contributed by atoms with Crippen LogP contribution in [0.4, 0.5) is 0 Å². The monoisotopic (exact) mass is 445 g/mol. The van der Waals surface area contributed by atoms with Crippen LogP contribution < -0.4 is 10.6 Å². The third-order valence-electron chi connectivity index (χ3n) is 5.91. The van der Waals surface area contributed by atoms with Gasteiger partial charge < -0.3 is 15.4 Å². The molecule has 2 aliphatic heterocycles. The number of nitrogens with zero attached hydrogens (tertiary/aromatic N) is 1. The van der Waals surface area contributed by atoms with Crippen LogP contribution in [-0.2, 0) is 22.6 Å². The molecule has 0 bridgehead atoms. The second kappa shape index (κ2) is 13.5. The average molecular weight is 446 g/mol. The highest BCUT2D eigenvalue weighted by molar-refractivity contribution is 5.85. The van der Waals surface area contributed by atoms with Gasteiger partial charge in [-0.05, 0) is 55.8 Å². The van der Waals surface area contributed by atoms with E-state index in [1.54, 1.807) is 0 Å². The number of ether oxygens (including phenoxy) is 1. The van der Waals surface area contributed by atoms with Crippen molar-refractivity contribution in [3.8, 4) is 0 Å². The highest BCUT2D eigenvalue weighted by Gasteiger charge is 2.22. The molecule has 5 nitrogen and oxygen atoms in total. The minimum Gasteiger partial charge on any atom is -0.376 e. The first-order valence-electron chi connectivity index (χ1n) is 10.5. The van der Waals surface area contributed by atoms with Crippen molar-refractivity contribution in [2.24, 2.45) is 11.8 Å². The van der Waals surface area contributed by atoms with Crippen LogP contribution >= 0.6 is 24.8 Å². The summed E-state index contributed by atoms with van der Waals surface area (Å²) in [6.07, 6.45) is 3.33. The Hall–Kier alpha value is -0.850. The van der Waals surface area contributed by atoms with Crippen molar-refractivity contribution < 1.29 is 9.53 Å². The summed E-state index contributed by atoms with van der Waals surface area (Å²) in [5.74, 6) is 1.31. The molecule has 166 valence electrons. The number of hydrogen-bond donors (Lipinski definition) is 2. The molecular weight excluding hydrogens is 409 g/mol. The molecule has 7 heteroatoms. The van der Waals surface area contributed by atoms with Crippen molar-refractivity contribution in [3.63, 3.8) is 0 Å². The van der Waals surface area contributed by atoms with E-state index in [2.05, 4.69) is 53.6 Å². The number of halogens is 2. The van der Waals surface area contributed by atoms with Crippen LogP contribution in [0.15, 0.2) is 24.3 Å². The van der Waals surface area contributed by atoms with E-state index < -0.39 is 0 Å². The number of hydrogen-bond acceptors (Lipinski definition) is 4. The Balaban J connectivity index is 0.00000210. The van der Waals surface area contributed by atoms with Gasteiger partial charge >= 0.3 is 0 Å². The molecule has 29 heavy (non-hydrogen) atoms. The van der Waals surface area contributed by atoms with Crippen molar-refractivity contribution in [2.75, 3.05) is 32.8 Å². The summed E-state index contributed by atoms with van der Waals surface area (Å²) in [6, 6.07) is 8.58. The van der Waals surface area contributed by atoms with E-state index >= 15 is 0 Å². The van der Waals surface area contributed by atoms with Crippen LogP contribution in [-0.4, -0.2) is 49.7 Å². The SMILES string of the molecule is CC1CN(Cc2cccc(CNC(=O)CC(C)C3CCNCC3)c2)CCO1.Cl.Cl. The molecule has 2 saturated heterocycles. The molecule has 2 unspecified atom stereocenters. The largest absolute Gasteiger partial charge is 0.376 e. The molecule has 2 fully saturated rings. The van der Waals surface area contributed by atoms with Crippen LogP contribution in [0.2, 0.25) is 0 Å². The van der Waals surface area contributed by atoms with E-state index in [0.717, 1.165) is 39.3 Å². The fourth-order valence-corrected chi connectivity index (χ4v) is 4.28. The zero-order valence-corrected chi connectivity index (χ0v) is 19.3. The molecule has 0 aromatic heterocycles. The molecule has 2 atom stereocenters. The second-order valence-electron chi connectivity index (χ2n) is 8.28. The van der Waals surface area contributed by atoms with Crippen LogP contribution in [0.1, 0.15) is 44.2 Å². The van der Waals surface area contributed by atoms with Crippen LogP contribution in [0.5, 0.6) is 0 Å². The Morgan fingerprint density at radius 2 is 2.00 bits per heavy atom. The molecule has 2 aliphatic rings. The van der Waals surface area contributed by atoms with Gasteiger partial charge in [-0.3, -0.25) is 9.69 Å². The lowest BCUT2D eigenvalue weighted by Crippen LogP contribution is -2.40. The molecule has 0 aliphatic carbocycles. The van der Waals surface area contributed by atoms with Gasteiger partial charge in [0.05, 0.1) is 12.7 Å². The lowest BCUT2D eigenvalue weighted by molar-refractivity contribution is -0.122. The Bertz CT molecular complexity index is 611. The Labute approximate surface area is 188 Å². The predicted molar refractivity (Wildman–Crippen MR) is 123 cm³/mol. The number of carbonyl (C=O) groups excluding carboxylic acids is 1. The number of nitrogens with one attached hydrogen (secondary N) is 2. The topological polar surface area (TPSA) is 53.6 Å². The van der Waals surface area contributed by atoms with Gasteiger partial charge in [0.1, 0.15) is 0 Å². The van der Waals surface area contributed by atoms with Crippen LogP contribution in [0.3, 0.4) is 0 Å². The van der Waals surface area contributed by atoms with Crippen molar-refractivity contribution in [1.29, 1.82) is 0 Å². The average Bonchev–Trinajstić information content (AvgIpc) is 2.67. The fourth-order valence-electron chi connectivity index (χ4n) is 4.28.